The molecule has 0 spiro atoms. The third-order valence-corrected chi connectivity index (χ3v) is 4.25. The number of fused-ring (bicyclic) bond motifs is 3. The number of likely N-dealkylation sites (N-methyl/N-ethyl adjacent to an activating group) is 1. The lowest BCUT2D eigenvalue weighted by Crippen LogP contribution is -2.30. The van der Waals surface area contributed by atoms with E-state index in [1.54, 1.807) is 0 Å². The SMILES string of the molecule is CCN1CC2CC1C=C2c1ccc2nonc2c1. The molecule has 0 N–H and O–H groups in total. The molecular formula is C14H15N3O. The molecule has 1 fully saturated rings. The fourth-order valence-corrected chi connectivity index (χ4v) is 3.33. The Kier molecular flexibility index (Phi) is 2.08. The molecule has 2 aromatic rings. The van der Waals surface area contributed by atoms with E-state index in [0.717, 1.165) is 17.6 Å². The van der Waals surface area contributed by atoms with E-state index in [9.17, 15) is 0 Å². The van der Waals surface area contributed by atoms with Gasteiger partial charge in [-0.1, -0.05) is 19.1 Å². The highest BCUT2D eigenvalue weighted by Crippen LogP contribution is 2.42. The van der Waals surface area contributed by atoms with Gasteiger partial charge in [0.05, 0.1) is 0 Å². The highest BCUT2D eigenvalue weighted by Gasteiger charge is 2.38. The van der Waals surface area contributed by atoms with Crippen LogP contribution in [0.15, 0.2) is 28.9 Å². The third-order valence-electron chi connectivity index (χ3n) is 4.25. The maximum Gasteiger partial charge on any atom is 0.135 e. The molecule has 2 aliphatic rings. The molecule has 92 valence electrons. The normalized spacial score (nSPS) is 27.1. The first-order valence-corrected chi connectivity index (χ1v) is 6.53. The standard InChI is InChI=1S/C14H15N3O/c1-2-17-8-10-5-11(17)7-12(10)9-3-4-13-14(6-9)16-18-15-13/h3-4,6-7,10-11H,2,5,8H2,1H3. The molecule has 0 amide bonds. The third kappa shape index (κ3) is 1.35. The Hall–Kier alpha value is -1.68. The van der Waals surface area contributed by atoms with Crippen molar-refractivity contribution in [1.82, 2.24) is 15.2 Å². The molecule has 0 radical (unpaired) electrons. The van der Waals surface area contributed by atoms with Crippen LogP contribution in [0.1, 0.15) is 18.9 Å². The van der Waals surface area contributed by atoms with E-state index in [-0.39, 0.29) is 0 Å². The van der Waals surface area contributed by atoms with Crippen LogP contribution < -0.4 is 0 Å². The zero-order valence-electron chi connectivity index (χ0n) is 10.3. The minimum atomic E-state index is 0.640. The Morgan fingerprint density at radius 1 is 1.33 bits per heavy atom. The number of rotatable bonds is 2. The van der Waals surface area contributed by atoms with Gasteiger partial charge in [-0.3, -0.25) is 4.90 Å². The molecule has 1 aliphatic carbocycles. The zero-order valence-corrected chi connectivity index (χ0v) is 10.3. The number of nitrogens with zero attached hydrogens (tertiary/aromatic N) is 3. The molecule has 4 nitrogen and oxygen atoms in total. The number of hydrogen-bond acceptors (Lipinski definition) is 4. The second kappa shape index (κ2) is 3.65. The van der Waals surface area contributed by atoms with Crippen LogP contribution in [0.5, 0.6) is 0 Å². The van der Waals surface area contributed by atoms with Crippen LogP contribution >= 0.6 is 0 Å². The molecule has 4 rings (SSSR count). The summed E-state index contributed by atoms with van der Waals surface area (Å²) in [5.74, 6) is 0.687. The van der Waals surface area contributed by atoms with E-state index < -0.39 is 0 Å². The molecular weight excluding hydrogens is 226 g/mol. The molecule has 2 heterocycles. The Morgan fingerprint density at radius 3 is 3.00 bits per heavy atom. The smallest absolute Gasteiger partial charge is 0.135 e. The van der Waals surface area contributed by atoms with Crippen LogP contribution in [0.2, 0.25) is 0 Å². The monoisotopic (exact) mass is 241 g/mol. The first kappa shape index (κ1) is 10.3. The molecule has 2 bridgehead atoms. The summed E-state index contributed by atoms with van der Waals surface area (Å²) in [5.41, 5.74) is 4.44. The van der Waals surface area contributed by atoms with Crippen molar-refractivity contribution in [3.05, 3.63) is 29.8 Å². The van der Waals surface area contributed by atoms with Gasteiger partial charge < -0.3 is 0 Å². The van der Waals surface area contributed by atoms with E-state index in [2.05, 4.69) is 40.3 Å². The summed E-state index contributed by atoms with van der Waals surface area (Å²) in [6.45, 7) is 4.58. The van der Waals surface area contributed by atoms with Gasteiger partial charge in [0.2, 0.25) is 0 Å². The van der Waals surface area contributed by atoms with Crippen molar-refractivity contribution in [2.24, 2.45) is 5.92 Å². The van der Waals surface area contributed by atoms with Gasteiger partial charge in [0.1, 0.15) is 11.0 Å². The van der Waals surface area contributed by atoms with Crippen LogP contribution in [0.4, 0.5) is 0 Å². The van der Waals surface area contributed by atoms with Crippen LogP contribution in [-0.4, -0.2) is 34.3 Å². The van der Waals surface area contributed by atoms with Crippen molar-refractivity contribution in [1.29, 1.82) is 0 Å². The van der Waals surface area contributed by atoms with Crippen LogP contribution in [0.3, 0.4) is 0 Å². The van der Waals surface area contributed by atoms with Crippen LogP contribution in [0, 0.1) is 5.92 Å². The Bertz CT molecular complexity index is 631. The maximum atomic E-state index is 4.75. The van der Waals surface area contributed by atoms with Gasteiger partial charge in [0.25, 0.3) is 0 Å². The summed E-state index contributed by atoms with van der Waals surface area (Å²) < 4.78 is 4.75. The predicted molar refractivity (Wildman–Crippen MR) is 68.9 cm³/mol. The van der Waals surface area contributed by atoms with Crippen LogP contribution in [-0.2, 0) is 0 Å². The highest BCUT2D eigenvalue weighted by molar-refractivity contribution is 5.81. The minimum absolute atomic E-state index is 0.640. The molecule has 4 heteroatoms. The summed E-state index contributed by atoms with van der Waals surface area (Å²) in [7, 11) is 0. The number of likely N-dealkylation sites (tertiary alicyclic amines) is 1. The zero-order chi connectivity index (χ0) is 12.1. The van der Waals surface area contributed by atoms with E-state index in [1.165, 1.54) is 24.1 Å². The van der Waals surface area contributed by atoms with Crippen LogP contribution in [0.25, 0.3) is 16.6 Å². The number of benzene rings is 1. The van der Waals surface area contributed by atoms with Crippen molar-refractivity contribution in [3.63, 3.8) is 0 Å². The van der Waals surface area contributed by atoms with Crippen molar-refractivity contribution in [2.45, 2.75) is 19.4 Å². The first-order valence-electron chi connectivity index (χ1n) is 6.53. The fourth-order valence-electron chi connectivity index (χ4n) is 3.33. The van der Waals surface area contributed by atoms with Gasteiger partial charge in [-0.05, 0) is 52.5 Å². The molecule has 1 saturated heterocycles. The quantitative estimate of drug-likeness (QED) is 0.809. The lowest BCUT2D eigenvalue weighted by atomic mass is 9.95. The van der Waals surface area contributed by atoms with Gasteiger partial charge in [0.15, 0.2) is 0 Å². The summed E-state index contributed by atoms with van der Waals surface area (Å²) >= 11 is 0. The minimum Gasteiger partial charge on any atom is -0.297 e. The Labute approximate surface area is 105 Å². The van der Waals surface area contributed by atoms with Crippen molar-refractivity contribution < 1.29 is 4.63 Å². The Morgan fingerprint density at radius 2 is 2.22 bits per heavy atom. The molecule has 1 aromatic heterocycles. The average molecular weight is 241 g/mol. The van der Waals surface area contributed by atoms with Crippen molar-refractivity contribution >= 4 is 16.6 Å². The molecule has 1 aromatic carbocycles. The topological polar surface area (TPSA) is 42.2 Å². The number of aromatic nitrogens is 2. The molecule has 18 heavy (non-hydrogen) atoms. The van der Waals surface area contributed by atoms with Crippen molar-refractivity contribution in [2.75, 3.05) is 13.1 Å². The van der Waals surface area contributed by atoms with Gasteiger partial charge >= 0.3 is 0 Å². The second-order valence-electron chi connectivity index (χ2n) is 5.18. The predicted octanol–water partition coefficient (Wildman–Crippen LogP) is 2.33. The van der Waals surface area contributed by atoms with Gasteiger partial charge in [-0.25, -0.2) is 4.63 Å². The van der Waals surface area contributed by atoms with E-state index in [0.29, 0.717) is 12.0 Å². The van der Waals surface area contributed by atoms with Crippen molar-refractivity contribution in [3.8, 4) is 0 Å². The van der Waals surface area contributed by atoms with Gasteiger partial charge in [-0.15, -0.1) is 0 Å². The largest absolute Gasteiger partial charge is 0.297 e. The summed E-state index contributed by atoms with van der Waals surface area (Å²) in [4.78, 5) is 2.55. The Balaban J connectivity index is 1.74. The summed E-state index contributed by atoms with van der Waals surface area (Å²) in [6, 6.07) is 6.86. The maximum absolute atomic E-state index is 4.75. The lowest BCUT2D eigenvalue weighted by molar-refractivity contribution is 0.297. The summed E-state index contributed by atoms with van der Waals surface area (Å²) in [6.07, 6.45) is 3.70. The van der Waals surface area contributed by atoms with Gasteiger partial charge in [-0.2, -0.15) is 0 Å². The first-order chi connectivity index (χ1) is 8.85. The van der Waals surface area contributed by atoms with E-state index >= 15 is 0 Å². The van der Waals surface area contributed by atoms with E-state index in [4.69, 9.17) is 4.63 Å². The molecule has 1 aliphatic heterocycles. The second-order valence-corrected chi connectivity index (χ2v) is 5.18. The van der Waals surface area contributed by atoms with Gasteiger partial charge in [0, 0.05) is 12.6 Å². The van der Waals surface area contributed by atoms with E-state index in [1.807, 2.05) is 6.07 Å². The summed E-state index contributed by atoms with van der Waals surface area (Å²) in [5, 5.41) is 7.77. The fraction of sp³-hybridized carbons (Fsp3) is 0.429. The lowest BCUT2D eigenvalue weighted by Gasteiger charge is -2.24. The molecule has 2 atom stereocenters. The molecule has 0 saturated carbocycles. The average Bonchev–Trinajstić information content (AvgIpc) is 3.11. The molecule has 2 unspecified atom stereocenters. The highest BCUT2D eigenvalue weighted by atomic mass is 16.6. The number of hydrogen-bond donors (Lipinski definition) is 0.